The minimum absolute atomic E-state index is 0.144. The van der Waals surface area contributed by atoms with Crippen LogP contribution in [0.3, 0.4) is 0 Å². The van der Waals surface area contributed by atoms with Crippen LogP contribution in [0.25, 0.3) is 0 Å². The highest BCUT2D eigenvalue weighted by Gasteiger charge is 2.54. The first-order valence-electron chi connectivity index (χ1n) is 9.20. The van der Waals surface area contributed by atoms with Crippen molar-refractivity contribution in [3.05, 3.63) is 59.8 Å². The smallest absolute Gasteiger partial charge is 0.328 e. The Morgan fingerprint density at radius 2 is 1.76 bits per heavy atom. The van der Waals surface area contributed by atoms with Crippen molar-refractivity contribution in [3.63, 3.8) is 0 Å². The molecule has 2 aliphatic heterocycles. The number of hydrogen-bond donors (Lipinski definition) is 1. The van der Waals surface area contributed by atoms with Gasteiger partial charge in [-0.25, -0.2) is 9.18 Å². The maximum absolute atomic E-state index is 13.2. The van der Waals surface area contributed by atoms with Crippen molar-refractivity contribution in [2.75, 3.05) is 19.7 Å². The van der Waals surface area contributed by atoms with Gasteiger partial charge in [-0.3, -0.25) is 14.5 Å². The van der Waals surface area contributed by atoms with Gasteiger partial charge in [0.2, 0.25) is 0 Å². The predicted molar refractivity (Wildman–Crippen MR) is 96.5 cm³/mol. The quantitative estimate of drug-likeness (QED) is 0.843. The lowest BCUT2D eigenvalue weighted by atomic mass is 9.96. The number of hydrogen-bond acceptors (Lipinski definition) is 5. The molecule has 1 N–H and O–H groups in total. The zero-order valence-corrected chi connectivity index (χ0v) is 15.4. The highest BCUT2D eigenvalue weighted by Crippen LogP contribution is 2.38. The molecule has 3 heterocycles. The van der Waals surface area contributed by atoms with Gasteiger partial charge in [0, 0.05) is 31.5 Å². The van der Waals surface area contributed by atoms with Crippen LogP contribution in [0.5, 0.6) is 0 Å². The van der Waals surface area contributed by atoms with Gasteiger partial charge in [0.25, 0.3) is 11.8 Å². The van der Waals surface area contributed by atoms with Crippen molar-refractivity contribution >= 4 is 17.8 Å². The number of amides is 2. The van der Waals surface area contributed by atoms with Crippen LogP contribution in [0, 0.1) is 5.82 Å². The minimum Gasteiger partial charge on any atom is -0.480 e. The van der Waals surface area contributed by atoms with E-state index in [1.54, 1.807) is 17.0 Å². The fraction of sp³-hybridized carbons (Fsp3) is 0.350. The van der Waals surface area contributed by atoms with Crippen molar-refractivity contribution in [2.24, 2.45) is 0 Å². The molecule has 0 aliphatic carbocycles. The zero-order valence-electron chi connectivity index (χ0n) is 15.4. The number of carboxylic acid groups (broad SMARTS) is 1. The van der Waals surface area contributed by atoms with E-state index >= 15 is 0 Å². The van der Waals surface area contributed by atoms with E-state index < -0.39 is 29.5 Å². The van der Waals surface area contributed by atoms with Crippen LogP contribution in [-0.2, 0) is 9.53 Å². The first-order chi connectivity index (χ1) is 13.9. The van der Waals surface area contributed by atoms with E-state index in [4.69, 9.17) is 9.15 Å². The standard InChI is InChI=1S/C20H19FN2O6/c21-14-5-3-13(4-6-14)17(24)23-15(19(26)27)12-29-20(23)7-9-22(10-8-20)18(25)16-2-1-11-28-16/h1-6,11,15H,7-10,12H2,(H,26,27)/t15-/m1/s1. The predicted octanol–water partition coefficient (Wildman–Crippen LogP) is 1.98. The summed E-state index contributed by atoms with van der Waals surface area (Å²) in [6.07, 6.45) is 1.94. The van der Waals surface area contributed by atoms with Crippen LogP contribution in [0.15, 0.2) is 47.1 Å². The zero-order chi connectivity index (χ0) is 20.6. The van der Waals surface area contributed by atoms with Gasteiger partial charge in [-0.05, 0) is 36.4 Å². The number of aliphatic carboxylic acids is 1. The molecule has 1 aromatic heterocycles. The van der Waals surface area contributed by atoms with E-state index in [1.165, 1.54) is 23.3 Å². The molecule has 29 heavy (non-hydrogen) atoms. The molecule has 2 aromatic rings. The molecule has 2 fully saturated rings. The van der Waals surface area contributed by atoms with Gasteiger partial charge in [0.1, 0.15) is 11.5 Å². The fourth-order valence-corrected chi connectivity index (χ4v) is 3.90. The van der Waals surface area contributed by atoms with Crippen LogP contribution in [0.4, 0.5) is 4.39 Å². The van der Waals surface area contributed by atoms with Gasteiger partial charge >= 0.3 is 5.97 Å². The molecular weight excluding hydrogens is 383 g/mol. The number of likely N-dealkylation sites (tertiary alicyclic amines) is 1. The third-order valence-electron chi connectivity index (χ3n) is 5.42. The Labute approximate surface area is 165 Å². The molecule has 0 unspecified atom stereocenters. The van der Waals surface area contributed by atoms with Crippen molar-refractivity contribution in [1.82, 2.24) is 9.80 Å². The summed E-state index contributed by atoms with van der Waals surface area (Å²) in [5.41, 5.74) is -0.953. The van der Waals surface area contributed by atoms with Crippen LogP contribution in [0.1, 0.15) is 33.8 Å². The minimum atomic E-state index is -1.17. The first-order valence-corrected chi connectivity index (χ1v) is 9.20. The van der Waals surface area contributed by atoms with Gasteiger partial charge in [-0.2, -0.15) is 0 Å². The molecule has 0 radical (unpaired) electrons. The molecule has 1 atom stereocenters. The summed E-state index contributed by atoms with van der Waals surface area (Å²) in [6.45, 7) is 0.409. The number of carboxylic acids is 1. The van der Waals surface area contributed by atoms with Crippen molar-refractivity contribution in [1.29, 1.82) is 0 Å². The van der Waals surface area contributed by atoms with E-state index in [0.29, 0.717) is 0 Å². The molecule has 8 nitrogen and oxygen atoms in total. The molecule has 2 amide bonds. The number of piperidine rings is 1. The Bertz CT molecular complexity index is 919. The number of nitrogens with zero attached hydrogens (tertiary/aromatic N) is 2. The van der Waals surface area contributed by atoms with Crippen LogP contribution < -0.4 is 0 Å². The molecule has 152 valence electrons. The summed E-state index contributed by atoms with van der Waals surface area (Å²) in [5.74, 6) is -2.26. The summed E-state index contributed by atoms with van der Waals surface area (Å²) >= 11 is 0. The Hall–Kier alpha value is -3.20. The number of ether oxygens (including phenoxy) is 1. The summed E-state index contributed by atoms with van der Waals surface area (Å²) in [5, 5.41) is 9.59. The number of carbonyl (C=O) groups is 3. The largest absolute Gasteiger partial charge is 0.480 e. The third kappa shape index (κ3) is 3.38. The maximum atomic E-state index is 13.2. The monoisotopic (exact) mass is 402 g/mol. The second-order valence-corrected chi connectivity index (χ2v) is 7.06. The highest BCUT2D eigenvalue weighted by atomic mass is 19.1. The van der Waals surface area contributed by atoms with E-state index in [-0.39, 0.29) is 49.8 Å². The molecule has 9 heteroatoms. The van der Waals surface area contributed by atoms with Crippen molar-refractivity contribution < 1.29 is 33.0 Å². The normalized spacial score (nSPS) is 20.8. The van der Waals surface area contributed by atoms with Crippen molar-refractivity contribution in [2.45, 2.75) is 24.6 Å². The Morgan fingerprint density at radius 3 is 2.34 bits per heavy atom. The van der Waals surface area contributed by atoms with Crippen LogP contribution in [0.2, 0.25) is 0 Å². The maximum Gasteiger partial charge on any atom is 0.328 e. The lowest BCUT2D eigenvalue weighted by Crippen LogP contribution is -2.58. The van der Waals surface area contributed by atoms with Gasteiger partial charge < -0.3 is 19.2 Å². The number of furan rings is 1. The number of benzene rings is 1. The first kappa shape index (κ1) is 19.1. The Balaban J connectivity index is 1.57. The highest BCUT2D eigenvalue weighted by molar-refractivity contribution is 5.97. The van der Waals surface area contributed by atoms with E-state index in [9.17, 15) is 23.9 Å². The van der Waals surface area contributed by atoms with E-state index in [0.717, 1.165) is 12.1 Å². The molecule has 1 spiro atoms. The summed E-state index contributed by atoms with van der Waals surface area (Å²) in [4.78, 5) is 40.2. The number of rotatable bonds is 3. The van der Waals surface area contributed by atoms with Crippen LogP contribution in [-0.4, -0.2) is 64.2 Å². The summed E-state index contributed by atoms with van der Waals surface area (Å²) in [7, 11) is 0. The number of halogens is 1. The molecule has 0 bridgehead atoms. The van der Waals surface area contributed by atoms with Gasteiger partial charge in [0.05, 0.1) is 12.9 Å². The molecule has 2 saturated heterocycles. The summed E-state index contributed by atoms with van der Waals surface area (Å²) in [6, 6.07) is 6.98. The topological polar surface area (TPSA) is 100 Å². The second-order valence-electron chi connectivity index (χ2n) is 7.06. The molecule has 0 saturated carbocycles. The second kappa shape index (κ2) is 7.32. The van der Waals surface area contributed by atoms with Crippen LogP contribution >= 0.6 is 0 Å². The lowest BCUT2D eigenvalue weighted by Gasteiger charge is -2.44. The fourth-order valence-electron chi connectivity index (χ4n) is 3.90. The summed E-state index contributed by atoms with van der Waals surface area (Å²) < 4.78 is 24.2. The molecule has 2 aliphatic rings. The average Bonchev–Trinajstić information content (AvgIpc) is 3.37. The van der Waals surface area contributed by atoms with Gasteiger partial charge in [-0.1, -0.05) is 0 Å². The SMILES string of the molecule is O=C(O)[C@H]1COC2(CCN(C(=O)c3ccco3)CC2)N1C(=O)c1ccc(F)cc1. The van der Waals surface area contributed by atoms with Gasteiger partial charge in [-0.15, -0.1) is 0 Å². The Morgan fingerprint density at radius 1 is 1.07 bits per heavy atom. The molecule has 1 aromatic carbocycles. The average molecular weight is 402 g/mol. The third-order valence-corrected chi connectivity index (χ3v) is 5.42. The number of carbonyl (C=O) groups excluding carboxylic acids is 2. The van der Waals surface area contributed by atoms with E-state index in [1.807, 2.05) is 0 Å². The molecular formula is C20H19FN2O6. The van der Waals surface area contributed by atoms with Crippen molar-refractivity contribution in [3.8, 4) is 0 Å². The lowest BCUT2D eigenvalue weighted by molar-refractivity contribution is -0.143. The Kier molecular flexibility index (Phi) is 4.83. The van der Waals surface area contributed by atoms with Gasteiger partial charge in [0.15, 0.2) is 11.8 Å². The molecule has 4 rings (SSSR count). The van der Waals surface area contributed by atoms with E-state index in [2.05, 4.69) is 0 Å².